The SMILES string of the molecule is [NH2+]=C(CC(NC(=O)c1ccc(-c2cccc(C(F)(F)F)c2)o1)c1ccccc1O)c1cccnc1. The van der Waals surface area contributed by atoms with Crippen molar-refractivity contribution in [2.75, 3.05) is 0 Å². The van der Waals surface area contributed by atoms with Gasteiger partial charge in [-0.15, -0.1) is 0 Å². The number of nitrogens with one attached hydrogen (secondary N) is 1. The van der Waals surface area contributed by atoms with Crippen molar-refractivity contribution in [2.24, 2.45) is 0 Å². The van der Waals surface area contributed by atoms with Gasteiger partial charge in [0.05, 0.1) is 23.6 Å². The molecule has 9 heteroatoms. The maximum Gasteiger partial charge on any atom is 0.416 e. The molecule has 1 amide bonds. The molecule has 1 unspecified atom stereocenters. The average molecular weight is 480 g/mol. The third kappa shape index (κ3) is 5.57. The van der Waals surface area contributed by atoms with Crippen LogP contribution in [0, 0.1) is 0 Å². The Bertz CT molecular complexity index is 1350. The van der Waals surface area contributed by atoms with Gasteiger partial charge in [0.1, 0.15) is 11.5 Å². The molecule has 1 atom stereocenters. The standard InChI is InChI=1S/C26H20F3N3O3/c27-26(28,29)18-7-3-5-16(13-18)23-10-11-24(35-23)25(34)32-21(19-8-1-2-9-22(19)33)14-20(30)17-6-4-12-31-15-17/h1-13,15,21,30,33H,14H2,(H,32,34)/p+1. The third-order valence-electron chi connectivity index (χ3n) is 5.38. The number of hydrogen-bond acceptors (Lipinski definition) is 4. The number of furan rings is 1. The summed E-state index contributed by atoms with van der Waals surface area (Å²) in [4.78, 5) is 17.0. The summed E-state index contributed by atoms with van der Waals surface area (Å²) < 4.78 is 44.7. The van der Waals surface area contributed by atoms with Crippen LogP contribution in [0.5, 0.6) is 5.75 Å². The van der Waals surface area contributed by atoms with E-state index in [1.165, 1.54) is 30.3 Å². The molecule has 0 spiro atoms. The van der Waals surface area contributed by atoms with Crippen LogP contribution in [0.1, 0.15) is 39.7 Å². The highest BCUT2D eigenvalue weighted by Gasteiger charge is 2.31. The molecule has 4 aromatic rings. The zero-order chi connectivity index (χ0) is 25.0. The molecule has 0 aliphatic heterocycles. The first kappa shape index (κ1) is 23.7. The number of pyridine rings is 1. The fourth-order valence-corrected chi connectivity index (χ4v) is 3.60. The number of hydrogen-bond donors (Lipinski definition) is 3. The highest BCUT2D eigenvalue weighted by atomic mass is 19.4. The van der Waals surface area contributed by atoms with Crippen LogP contribution < -0.4 is 10.7 Å². The second-order valence-electron chi connectivity index (χ2n) is 7.80. The lowest BCUT2D eigenvalue weighted by molar-refractivity contribution is -0.137. The van der Waals surface area contributed by atoms with Gasteiger partial charge in [-0.2, -0.15) is 13.2 Å². The second kappa shape index (κ2) is 9.84. The minimum absolute atomic E-state index is 0.0270. The van der Waals surface area contributed by atoms with E-state index >= 15 is 0 Å². The molecule has 0 fully saturated rings. The smallest absolute Gasteiger partial charge is 0.416 e. The highest BCUT2D eigenvalue weighted by Crippen LogP contribution is 2.33. The van der Waals surface area contributed by atoms with Crippen molar-refractivity contribution in [2.45, 2.75) is 18.6 Å². The number of aromatic nitrogens is 1. The van der Waals surface area contributed by atoms with Gasteiger partial charge in [0, 0.05) is 23.5 Å². The van der Waals surface area contributed by atoms with Crippen molar-refractivity contribution in [1.82, 2.24) is 10.3 Å². The van der Waals surface area contributed by atoms with Crippen LogP contribution in [0.25, 0.3) is 11.3 Å². The number of phenols is 1. The topological polar surface area (TPSA) is 101 Å². The van der Waals surface area contributed by atoms with E-state index in [0.717, 1.165) is 12.1 Å². The summed E-state index contributed by atoms with van der Waals surface area (Å²) in [6.07, 6.45) is -1.14. The number of halogens is 3. The summed E-state index contributed by atoms with van der Waals surface area (Å²) in [5, 5.41) is 19.4. The minimum Gasteiger partial charge on any atom is -0.508 e. The summed E-state index contributed by atoms with van der Waals surface area (Å²) in [6, 6.07) is 16.8. The monoisotopic (exact) mass is 480 g/mol. The van der Waals surface area contributed by atoms with E-state index in [1.807, 2.05) is 0 Å². The predicted octanol–water partition coefficient (Wildman–Crippen LogP) is 4.18. The summed E-state index contributed by atoms with van der Waals surface area (Å²) in [5.41, 5.74) is 0.920. The largest absolute Gasteiger partial charge is 0.508 e. The van der Waals surface area contributed by atoms with Crippen molar-refractivity contribution in [3.05, 3.63) is 108 Å². The number of amides is 1. The van der Waals surface area contributed by atoms with Crippen LogP contribution in [0.2, 0.25) is 0 Å². The van der Waals surface area contributed by atoms with Gasteiger partial charge in [0.2, 0.25) is 0 Å². The van der Waals surface area contributed by atoms with Gasteiger partial charge in [-0.1, -0.05) is 30.3 Å². The van der Waals surface area contributed by atoms with Gasteiger partial charge < -0.3 is 14.8 Å². The predicted molar refractivity (Wildman–Crippen MR) is 122 cm³/mol. The normalized spacial score (nSPS) is 12.2. The Kier molecular flexibility index (Phi) is 6.68. The number of phenolic OH excluding ortho intramolecular Hbond substituents is 1. The van der Waals surface area contributed by atoms with Gasteiger partial charge in [0.25, 0.3) is 5.91 Å². The molecule has 2 aromatic heterocycles. The molecule has 4 rings (SSSR count). The first-order valence-electron chi connectivity index (χ1n) is 10.6. The van der Waals surface area contributed by atoms with E-state index in [-0.39, 0.29) is 29.3 Å². The van der Waals surface area contributed by atoms with Crippen LogP contribution in [-0.4, -0.2) is 21.7 Å². The maximum atomic E-state index is 13.0. The van der Waals surface area contributed by atoms with E-state index in [2.05, 4.69) is 10.3 Å². The second-order valence-corrected chi connectivity index (χ2v) is 7.80. The fourth-order valence-electron chi connectivity index (χ4n) is 3.60. The van der Waals surface area contributed by atoms with Gasteiger partial charge in [-0.05, 0) is 42.5 Å². The van der Waals surface area contributed by atoms with Crippen LogP contribution in [0.4, 0.5) is 13.2 Å². The van der Waals surface area contributed by atoms with Crippen LogP contribution in [-0.2, 0) is 6.18 Å². The summed E-state index contributed by atoms with van der Waals surface area (Å²) >= 11 is 0. The highest BCUT2D eigenvalue weighted by molar-refractivity contribution is 5.97. The molecular formula is C26H21F3N3O3+. The molecule has 0 bridgehead atoms. The van der Waals surface area contributed by atoms with Crippen molar-refractivity contribution < 1.29 is 32.9 Å². The summed E-state index contributed by atoms with van der Waals surface area (Å²) in [7, 11) is 0. The molecule has 6 nitrogen and oxygen atoms in total. The minimum atomic E-state index is -4.50. The van der Waals surface area contributed by atoms with Gasteiger partial charge in [-0.3, -0.25) is 15.2 Å². The third-order valence-corrected chi connectivity index (χ3v) is 5.38. The summed E-state index contributed by atoms with van der Waals surface area (Å²) in [5.74, 6) is -0.629. The molecular weight excluding hydrogens is 459 g/mol. The number of benzene rings is 2. The first-order chi connectivity index (χ1) is 16.7. The lowest BCUT2D eigenvalue weighted by atomic mass is 9.97. The number of nitrogens with two attached hydrogens (primary N) is 1. The van der Waals surface area contributed by atoms with E-state index in [0.29, 0.717) is 16.8 Å². The molecule has 0 aliphatic rings. The Morgan fingerprint density at radius 1 is 1.06 bits per heavy atom. The molecule has 35 heavy (non-hydrogen) atoms. The molecule has 0 saturated heterocycles. The van der Waals surface area contributed by atoms with Gasteiger partial charge in [-0.25, -0.2) is 0 Å². The van der Waals surface area contributed by atoms with Crippen LogP contribution >= 0.6 is 0 Å². The summed E-state index contributed by atoms with van der Waals surface area (Å²) in [6.45, 7) is 0. The van der Waals surface area contributed by atoms with E-state index in [4.69, 9.17) is 9.83 Å². The number of carbonyl (C=O) groups excluding carboxylic acids is 1. The Balaban J connectivity index is 1.57. The number of aromatic hydroxyl groups is 1. The molecule has 4 N–H and O–H groups in total. The molecule has 178 valence electrons. The van der Waals surface area contributed by atoms with Crippen molar-refractivity contribution in [3.63, 3.8) is 0 Å². The van der Waals surface area contributed by atoms with E-state index < -0.39 is 23.7 Å². The number of alkyl halides is 3. The number of carbonyl (C=O) groups is 1. The van der Waals surface area contributed by atoms with Crippen LogP contribution in [0.3, 0.4) is 0 Å². The molecule has 0 saturated carbocycles. The Morgan fingerprint density at radius 2 is 1.86 bits per heavy atom. The Hall–Kier alpha value is -4.40. The van der Waals surface area contributed by atoms with Crippen molar-refractivity contribution >= 4 is 11.6 Å². The molecule has 0 aliphatic carbocycles. The van der Waals surface area contributed by atoms with E-state index in [9.17, 15) is 23.1 Å². The lowest BCUT2D eigenvalue weighted by Crippen LogP contribution is -2.43. The zero-order valence-corrected chi connectivity index (χ0v) is 18.3. The Morgan fingerprint density at radius 3 is 2.57 bits per heavy atom. The van der Waals surface area contributed by atoms with E-state index in [1.54, 1.807) is 42.7 Å². The van der Waals surface area contributed by atoms with Gasteiger partial charge in [0.15, 0.2) is 11.5 Å². The van der Waals surface area contributed by atoms with Crippen LogP contribution in [0.15, 0.2) is 89.6 Å². The van der Waals surface area contributed by atoms with Gasteiger partial charge >= 0.3 is 6.18 Å². The Labute approximate surface area is 198 Å². The lowest BCUT2D eigenvalue weighted by Gasteiger charge is -2.18. The average Bonchev–Trinajstić information content (AvgIpc) is 3.35. The number of rotatable bonds is 7. The fraction of sp³-hybridized carbons (Fsp3) is 0.115. The zero-order valence-electron chi connectivity index (χ0n) is 18.3. The maximum absolute atomic E-state index is 13.0. The molecule has 2 heterocycles. The number of nitrogens with zero attached hydrogens (tertiary/aromatic N) is 1. The van der Waals surface area contributed by atoms with Crippen molar-refractivity contribution in [1.29, 1.82) is 0 Å². The number of para-hydroxylation sites is 1. The quantitative estimate of drug-likeness (QED) is 0.346. The molecule has 2 aromatic carbocycles. The van der Waals surface area contributed by atoms with Crippen molar-refractivity contribution in [3.8, 4) is 17.1 Å². The molecule has 0 radical (unpaired) electrons. The first-order valence-corrected chi connectivity index (χ1v) is 10.6.